The van der Waals surface area contributed by atoms with Crippen LogP contribution in [0.3, 0.4) is 0 Å². The molecule has 7 heteroatoms. The molecule has 114 valence electrons. The topological polar surface area (TPSA) is 77.8 Å². The van der Waals surface area contributed by atoms with Gasteiger partial charge < -0.3 is 19.4 Å². The Kier molecular flexibility index (Phi) is 5.55. The van der Waals surface area contributed by atoms with Crippen LogP contribution in [0.1, 0.15) is 32.6 Å². The molecule has 0 amide bonds. The normalized spacial score (nSPS) is 29.0. The average Bonchev–Trinajstić information content (AvgIpc) is 2.11. The fraction of sp³-hybridized carbons (Fsp3) is 1.00. The van der Waals surface area contributed by atoms with E-state index in [4.69, 9.17) is 0 Å². The van der Waals surface area contributed by atoms with Crippen molar-refractivity contribution in [2.24, 2.45) is 5.92 Å². The van der Waals surface area contributed by atoms with Crippen LogP contribution in [0, 0.1) is 5.92 Å². The first kappa shape index (κ1) is 17.5. The number of hydrogen-bond acceptors (Lipinski definition) is 3. The van der Waals surface area contributed by atoms with E-state index in [1.165, 1.54) is 6.42 Å². The molecule has 0 heterocycles. The van der Waals surface area contributed by atoms with Crippen molar-refractivity contribution in [3.8, 4) is 0 Å². The minimum Gasteiger partial charge on any atom is -0.365 e. The summed E-state index contributed by atoms with van der Waals surface area (Å²) >= 11 is 1.08. The van der Waals surface area contributed by atoms with E-state index in [0.717, 1.165) is 31.0 Å². The van der Waals surface area contributed by atoms with Gasteiger partial charge in [0.1, 0.15) is 6.54 Å². The molecule has 3 N–H and O–H groups in total. The summed E-state index contributed by atoms with van der Waals surface area (Å²) in [5.74, 6) is 0.566. The highest BCUT2D eigenvalue weighted by atomic mass is 32.2. The third-order valence-electron chi connectivity index (χ3n) is 3.38. The Hall–Kier alpha value is 0.420. The van der Waals surface area contributed by atoms with Gasteiger partial charge in [0.05, 0.1) is 21.1 Å². The van der Waals surface area contributed by atoms with Crippen LogP contribution in [0.25, 0.3) is 0 Å². The fourth-order valence-corrected chi connectivity index (χ4v) is 5.88. The second-order valence-corrected chi connectivity index (χ2v) is 10.5. The lowest BCUT2D eigenvalue weighted by Gasteiger charge is -2.38. The molecule has 5 nitrogen and oxygen atoms in total. The molecule has 1 aliphatic carbocycles. The zero-order chi connectivity index (χ0) is 14.9. The Bertz CT molecular complexity index is 354. The van der Waals surface area contributed by atoms with Crippen LogP contribution in [-0.2, 0) is 4.57 Å². The lowest BCUT2D eigenvalue weighted by molar-refractivity contribution is -0.873. The maximum Gasteiger partial charge on any atom is 0.373 e. The van der Waals surface area contributed by atoms with Gasteiger partial charge in [-0.2, -0.15) is 0 Å². The smallest absolute Gasteiger partial charge is 0.365 e. The van der Waals surface area contributed by atoms with Crippen LogP contribution in [0.2, 0.25) is 0 Å². The second kappa shape index (κ2) is 6.04. The SMILES string of the molecule is CC1CCCC(SC(O)(C[N+](C)(C)C)P(=O)(O)O)C1. The molecule has 1 fully saturated rings. The zero-order valence-electron chi connectivity index (χ0n) is 12.2. The van der Waals surface area contributed by atoms with Crippen LogP contribution in [-0.4, -0.2) is 57.0 Å². The van der Waals surface area contributed by atoms with Gasteiger partial charge in [0.25, 0.3) is 4.67 Å². The van der Waals surface area contributed by atoms with E-state index in [0.29, 0.717) is 10.4 Å². The zero-order valence-corrected chi connectivity index (χ0v) is 14.0. The molecule has 1 rings (SSSR count). The molecule has 1 saturated carbocycles. The molecule has 0 aromatic rings. The lowest BCUT2D eigenvalue weighted by atomic mass is 9.91. The van der Waals surface area contributed by atoms with E-state index in [1.54, 1.807) is 0 Å². The van der Waals surface area contributed by atoms with Crippen molar-refractivity contribution in [2.75, 3.05) is 27.7 Å². The summed E-state index contributed by atoms with van der Waals surface area (Å²) in [7, 11) is 0.905. The summed E-state index contributed by atoms with van der Waals surface area (Å²) in [4.78, 5) is 19.1. The number of likely N-dealkylation sites (N-methyl/N-ethyl adjacent to an activating group) is 1. The molecule has 0 aromatic carbocycles. The molecule has 0 aliphatic heterocycles. The lowest BCUT2D eigenvalue weighted by Crippen LogP contribution is -2.48. The minimum absolute atomic E-state index is 0.0345. The Labute approximate surface area is 120 Å². The summed E-state index contributed by atoms with van der Waals surface area (Å²) in [6.45, 7) is 2.19. The highest BCUT2D eigenvalue weighted by Crippen LogP contribution is 2.58. The van der Waals surface area contributed by atoms with Gasteiger partial charge in [0, 0.05) is 5.25 Å². The molecule has 0 saturated heterocycles. The third kappa shape index (κ3) is 5.37. The van der Waals surface area contributed by atoms with E-state index in [2.05, 4.69) is 6.92 Å². The van der Waals surface area contributed by atoms with Crippen LogP contribution in [0.15, 0.2) is 0 Å². The molecular formula is C12H27NO4PS+. The average molecular weight is 312 g/mol. The standard InChI is InChI=1S/C12H26NO4PS/c1-10-6-5-7-11(8-10)19-12(14,18(15,16)17)9-13(2,3)4/h10-11,14H,5-9H2,1-4H3,(H-,15,16,17)/p+1. The predicted octanol–water partition coefficient (Wildman–Crippen LogP) is 1.83. The molecule has 19 heavy (non-hydrogen) atoms. The summed E-state index contributed by atoms with van der Waals surface area (Å²) in [5, 5.41) is 10.6. The third-order valence-corrected chi connectivity index (χ3v) is 6.73. The number of hydrogen-bond donors (Lipinski definition) is 3. The summed E-state index contributed by atoms with van der Waals surface area (Å²) in [6.07, 6.45) is 4.08. The van der Waals surface area contributed by atoms with Crippen molar-refractivity contribution in [3.63, 3.8) is 0 Å². The Balaban J connectivity index is 2.83. The minimum atomic E-state index is -4.57. The number of rotatable bonds is 5. The molecule has 0 aromatic heterocycles. The van der Waals surface area contributed by atoms with Crippen LogP contribution in [0.5, 0.6) is 0 Å². The van der Waals surface area contributed by atoms with E-state index in [9.17, 15) is 19.5 Å². The van der Waals surface area contributed by atoms with Gasteiger partial charge in [-0.15, -0.1) is 11.8 Å². The quantitative estimate of drug-likeness (QED) is 0.410. The Morgan fingerprint density at radius 2 is 1.89 bits per heavy atom. The summed E-state index contributed by atoms with van der Waals surface area (Å²) in [6, 6.07) is 0. The highest BCUT2D eigenvalue weighted by Gasteiger charge is 2.51. The fourth-order valence-electron chi connectivity index (χ4n) is 2.57. The van der Waals surface area contributed by atoms with Crippen molar-refractivity contribution in [2.45, 2.75) is 42.5 Å². The Morgan fingerprint density at radius 1 is 1.32 bits per heavy atom. The molecule has 0 bridgehead atoms. The first-order valence-electron chi connectivity index (χ1n) is 6.69. The van der Waals surface area contributed by atoms with Crippen LogP contribution >= 0.6 is 19.4 Å². The van der Waals surface area contributed by atoms with Gasteiger partial charge >= 0.3 is 7.60 Å². The first-order valence-corrected chi connectivity index (χ1v) is 9.18. The maximum atomic E-state index is 11.7. The van der Waals surface area contributed by atoms with Crippen molar-refractivity contribution >= 4 is 19.4 Å². The van der Waals surface area contributed by atoms with Crippen molar-refractivity contribution in [1.82, 2.24) is 0 Å². The van der Waals surface area contributed by atoms with Gasteiger partial charge in [0.2, 0.25) is 0 Å². The largest absolute Gasteiger partial charge is 0.373 e. The molecule has 0 spiro atoms. The molecule has 3 unspecified atom stereocenters. The molecule has 0 radical (unpaired) electrons. The molecule has 1 aliphatic rings. The van der Waals surface area contributed by atoms with Crippen LogP contribution < -0.4 is 0 Å². The first-order chi connectivity index (χ1) is 8.43. The van der Waals surface area contributed by atoms with Gasteiger partial charge in [-0.3, -0.25) is 4.57 Å². The molecule has 3 atom stereocenters. The monoisotopic (exact) mass is 312 g/mol. The van der Waals surface area contributed by atoms with E-state index < -0.39 is 12.3 Å². The van der Waals surface area contributed by atoms with E-state index in [-0.39, 0.29) is 11.8 Å². The van der Waals surface area contributed by atoms with Crippen molar-refractivity contribution < 1.29 is 23.9 Å². The van der Waals surface area contributed by atoms with E-state index >= 15 is 0 Å². The number of aliphatic hydroxyl groups is 1. The number of quaternary nitrogens is 1. The van der Waals surface area contributed by atoms with Gasteiger partial charge in [-0.25, -0.2) is 0 Å². The van der Waals surface area contributed by atoms with Crippen molar-refractivity contribution in [3.05, 3.63) is 0 Å². The Morgan fingerprint density at radius 3 is 2.32 bits per heavy atom. The highest BCUT2D eigenvalue weighted by molar-refractivity contribution is 8.06. The van der Waals surface area contributed by atoms with Gasteiger partial charge in [-0.1, -0.05) is 19.8 Å². The molecular weight excluding hydrogens is 285 g/mol. The number of nitrogens with zero attached hydrogens (tertiary/aromatic N) is 1. The van der Waals surface area contributed by atoms with Gasteiger partial charge in [0.15, 0.2) is 0 Å². The summed E-state index contributed by atoms with van der Waals surface area (Å²) < 4.78 is 10.0. The van der Waals surface area contributed by atoms with Crippen LogP contribution in [0.4, 0.5) is 0 Å². The van der Waals surface area contributed by atoms with E-state index in [1.807, 2.05) is 21.1 Å². The number of thioether (sulfide) groups is 1. The predicted molar refractivity (Wildman–Crippen MR) is 78.9 cm³/mol. The second-order valence-electron chi connectivity index (χ2n) is 6.75. The summed E-state index contributed by atoms with van der Waals surface area (Å²) in [5.41, 5.74) is 0. The maximum absolute atomic E-state index is 11.7. The van der Waals surface area contributed by atoms with Gasteiger partial charge in [-0.05, 0) is 18.8 Å². The van der Waals surface area contributed by atoms with Crippen molar-refractivity contribution in [1.29, 1.82) is 0 Å².